The molecule has 5 N–H and O–H groups in total. The van der Waals surface area contributed by atoms with Crippen LogP contribution in [0.1, 0.15) is 17.2 Å². The second-order valence-corrected chi connectivity index (χ2v) is 2.88. The fourth-order valence-corrected chi connectivity index (χ4v) is 1.15. The summed E-state index contributed by atoms with van der Waals surface area (Å²) in [6, 6.07) is 4.95. The summed E-state index contributed by atoms with van der Waals surface area (Å²) in [6.07, 6.45) is 0. The average molecular weight is 166 g/mol. The Morgan fingerprint density at radius 2 is 2.17 bits per heavy atom. The van der Waals surface area contributed by atoms with Crippen molar-refractivity contribution in [1.29, 1.82) is 0 Å². The van der Waals surface area contributed by atoms with E-state index in [1.54, 1.807) is 12.1 Å². The Hall–Kier alpha value is -1.06. The molecule has 0 heterocycles. The molecule has 1 aromatic carbocycles. The first kappa shape index (κ1) is 9.03. The number of benzene rings is 1. The van der Waals surface area contributed by atoms with Gasteiger partial charge in [0.25, 0.3) is 0 Å². The largest absolute Gasteiger partial charge is 0.508 e. The molecule has 0 fully saturated rings. The molecule has 1 aromatic rings. The minimum atomic E-state index is -0.183. The van der Waals surface area contributed by atoms with Gasteiger partial charge in [-0.15, -0.1) is 0 Å². The molecule has 0 spiro atoms. The van der Waals surface area contributed by atoms with Gasteiger partial charge in [0.1, 0.15) is 5.75 Å². The third-order valence-corrected chi connectivity index (χ3v) is 1.92. The van der Waals surface area contributed by atoms with Gasteiger partial charge in [0.2, 0.25) is 0 Å². The predicted octanol–water partition coefficient (Wildman–Crippen LogP) is 0.659. The van der Waals surface area contributed by atoms with Crippen LogP contribution < -0.4 is 11.5 Å². The van der Waals surface area contributed by atoms with Gasteiger partial charge in [-0.25, -0.2) is 0 Å². The summed E-state index contributed by atoms with van der Waals surface area (Å²) in [5.41, 5.74) is 13.1. The zero-order chi connectivity index (χ0) is 9.14. The summed E-state index contributed by atoms with van der Waals surface area (Å²) in [4.78, 5) is 0. The molecule has 66 valence electrons. The average Bonchev–Trinajstić information content (AvgIpc) is 2.08. The van der Waals surface area contributed by atoms with E-state index in [1.807, 2.05) is 13.0 Å². The van der Waals surface area contributed by atoms with Crippen LogP contribution in [0.2, 0.25) is 0 Å². The highest BCUT2D eigenvalue weighted by molar-refractivity contribution is 5.36. The maximum atomic E-state index is 9.19. The molecular weight excluding hydrogens is 152 g/mol. The third-order valence-electron chi connectivity index (χ3n) is 1.92. The van der Waals surface area contributed by atoms with Gasteiger partial charge in [0.15, 0.2) is 0 Å². The minimum absolute atomic E-state index is 0.183. The number of aromatic hydroxyl groups is 1. The van der Waals surface area contributed by atoms with E-state index in [0.29, 0.717) is 6.54 Å². The van der Waals surface area contributed by atoms with Crippen LogP contribution in [0.5, 0.6) is 5.75 Å². The molecule has 0 saturated heterocycles. The first-order valence-corrected chi connectivity index (χ1v) is 3.90. The molecule has 1 rings (SSSR count). The number of aryl methyl sites for hydroxylation is 1. The SMILES string of the molecule is Cc1ccc(O)cc1[C@H](N)CN. The molecule has 0 radical (unpaired) electrons. The van der Waals surface area contributed by atoms with Crippen molar-refractivity contribution in [3.63, 3.8) is 0 Å². The lowest BCUT2D eigenvalue weighted by Gasteiger charge is -2.12. The lowest BCUT2D eigenvalue weighted by Crippen LogP contribution is -2.21. The molecule has 0 aliphatic heterocycles. The second kappa shape index (κ2) is 3.56. The highest BCUT2D eigenvalue weighted by Crippen LogP contribution is 2.20. The third kappa shape index (κ3) is 1.75. The first-order chi connectivity index (χ1) is 5.65. The van der Waals surface area contributed by atoms with Gasteiger partial charge in [0, 0.05) is 12.6 Å². The normalized spacial score (nSPS) is 12.9. The molecule has 0 amide bonds. The molecule has 0 unspecified atom stereocenters. The summed E-state index contributed by atoms with van der Waals surface area (Å²) in [6.45, 7) is 2.34. The Balaban J connectivity index is 3.04. The van der Waals surface area contributed by atoms with E-state index in [2.05, 4.69) is 0 Å². The van der Waals surface area contributed by atoms with Gasteiger partial charge in [-0.2, -0.15) is 0 Å². The van der Waals surface area contributed by atoms with E-state index >= 15 is 0 Å². The van der Waals surface area contributed by atoms with Gasteiger partial charge in [-0.1, -0.05) is 6.07 Å². The van der Waals surface area contributed by atoms with E-state index in [0.717, 1.165) is 11.1 Å². The fourth-order valence-electron chi connectivity index (χ4n) is 1.15. The van der Waals surface area contributed by atoms with E-state index in [9.17, 15) is 5.11 Å². The van der Waals surface area contributed by atoms with Crippen molar-refractivity contribution in [2.45, 2.75) is 13.0 Å². The number of nitrogens with two attached hydrogens (primary N) is 2. The Bertz CT molecular complexity index is 273. The molecule has 1 atom stereocenters. The van der Waals surface area contributed by atoms with Gasteiger partial charge < -0.3 is 16.6 Å². The van der Waals surface area contributed by atoms with Crippen LogP contribution in [0.15, 0.2) is 18.2 Å². The number of hydrogen-bond donors (Lipinski definition) is 3. The van der Waals surface area contributed by atoms with Crippen LogP contribution in [-0.2, 0) is 0 Å². The maximum absolute atomic E-state index is 9.19. The Morgan fingerprint density at radius 1 is 1.50 bits per heavy atom. The predicted molar refractivity (Wildman–Crippen MR) is 48.8 cm³/mol. The molecule has 0 aromatic heterocycles. The summed E-state index contributed by atoms with van der Waals surface area (Å²) in [7, 11) is 0. The van der Waals surface area contributed by atoms with Crippen molar-refractivity contribution in [2.24, 2.45) is 11.5 Å². The number of phenols is 1. The van der Waals surface area contributed by atoms with Crippen LogP contribution in [-0.4, -0.2) is 11.7 Å². The Morgan fingerprint density at radius 3 is 2.75 bits per heavy atom. The molecule has 3 nitrogen and oxygen atoms in total. The van der Waals surface area contributed by atoms with E-state index in [4.69, 9.17) is 11.5 Å². The fraction of sp³-hybridized carbons (Fsp3) is 0.333. The van der Waals surface area contributed by atoms with Gasteiger partial charge in [0.05, 0.1) is 0 Å². The monoisotopic (exact) mass is 166 g/mol. The number of phenolic OH excluding ortho intramolecular Hbond substituents is 1. The molecule has 12 heavy (non-hydrogen) atoms. The zero-order valence-corrected chi connectivity index (χ0v) is 7.12. The number of rotatable bonds is 2. The topological polar surface area (TPSA) is 72.3 Å². The molecule has 0 aliphatic carbocycles. The first-order valence-electron chi connectivity index (χ1n) is 3.90. The van der Waals surface area contributed by atoms with E-state index in [1.165, 1.54) is 0 Å². The van der Waals surface area contributed by atoms with Crippen LogP contribution in [0.25, 0.3) is 0 Å². The molecular formula is C9H14N2O. The second-order valence-electron chi connectivity index (χ2n) is 2.88. The lowest BCUT2D eigenvalue weighted by atomic mass is 10.0. The van der Waals surface area contributed by atoms with E-state index in [-0.39, 0.29) is 11.8 Å². The summed E-state index contributed by atoms with van der Waals surface area (Å²) in [5, 5.41) is 9.19. The molecule has 3 heteroatoms. The summed E-state index contributed by atoms with van der Waals surface area (Å²) in [5.74, 6) is 0.236. The highest BCUT2D eigenvalue weighted by Gasteiger charge is 2.06. The summed E-state index contributed by atoms with van der Waals surface area (Å²) >= 11 is 0. The van der Waals surface area contributed by atoms with Crippen molar-refractivity contribution in [2.75, 3.05) is 6.54 Å². The minimum Gasteiger partial charge on any atom is -0.508 e. The van der Waals surface area contributed by atoms with Gasteiger partial charge in [-0.05, 0) is 30.2 Å². The quantitative estimate of drug-likeness (QED) is 0.604. The molecule has 0 aliphatic rings. The summed E-state index contributed by atoms with van der Waals surface area (Å²) < 4.78 is 0. The molecule has 0 saturated carbocycles. The van der Waals surface area contributed by atoms with Crippen LogP contribution in [0.3, 0.4) is 0 Å². The van der Waals surface area contributed by atoms with Crippen molar-refractivity contribution in [3.05, 3.63) is 29.3 Å². The van der Waals surface area contributed by atoms with Crippen LogP contribution in [0.4, 0.5) is 0 Å². The maximum Gasteiger partial charge on any atom is 0.115 e. The van der Waals surface area contributed by atoms with Crippen molar-refractivity contribution in [3.8, 4) is 5.75 Å². The Kier molecular flexibility index (Phi) is 2.68. The van der Waals surface area contributed by atoms with Crippen LogP contribution >= 0.6 is 0 Å². The Labute approximate surface area is 72.0 Å². The standard InChI is InChI=1S/C9H14N2O/c1-6-2-3-7(12)4-8(6)9(11)5-10/h2-4,9,12H,5,10-11H2,1H3/t9-/m1/s1. The van der Waals surface area contributed by atoms with Crippen molar-refractivity contribution in [1.82, 2.24) is 0 Å². The molecule has 0 bridgehead atoms. The van der Waals surface area contributed by atoms with Gasteiger partial charge >= 0.3 is 0 Å². The highest BCUT2D eigenvalue weighted by atomic mass is 16.3. The van der Waals surface area contributed by atoms with Crippen molar-refractivity contribution < 1.29 is 5.11 Å². The van der Waals surface area contributed by atoms with E-state index < -0.39 is 0 Å². The zero-order valence-electron chi connectivity index (χ0n) is 7.12. The number of hydrogen-bond acceptors (Lipinski definition) is 3. The van der Waals surface area contributed by atoms with Crippen LogP contribution in [0, 0.1) is 6.92 Å². The smallest absolute Gasteiger partial charge is 0.115 e. The van der Waals surface area contributed by atoms with Gasteiger partial charge in [-0.3, -0.25) is 0 Å². The van der Waals surface area contributed by atoms with Crippen molar-refractivity contribution >= 4 is 0 Å². The lowest BCUT2D eigenvalue weighted by molar-refractivity contribution is 0.473.